The number of hydrogen-bond donors (Lipinski definition) is 1. The lowest BCUT2D eigenvalue weighted by Gasteiger charge is -2.37. The summed E-state index contributed by atoms with van der Waals surface area (Å²) in [6.45, 7) is 7.20. The average Bonchev–Trinajstić information content (AvgIpc) is 2.94. The summed E-state index contributed by atoms with van der Waals surface area (Å²) in [5.74, 6) is 0. The van der Waals surface area contributed by atoms with Crippen LogP contribution in [0.25, 0.3) is 0 Å². The molecule has 1 aliphatic carbocycles. The molecule has 1 aromatic heterocycles. The molecule has 93 valence electrons. The highest BCUT2D eigenvalue weighted by Crippen LogP contribution is 2.33. The molecule has 0 aromatic carbocycles. The van der Waals surface area contributed by atoms with Crippen LogP contribution < -0.4 is 5.59 Å². The Morgan fingerprint density at radius 1 is 1.41 bits per heavy atom. The molecule has 0 amide bonds. The Morgan fingerprint density at radius 3 is 2.59 bits per heavy atom. The van der Waals surface area contributed by atoms with Gasteiger partial charge in [0.2, 0.25) is 0 Å². The van der Waals surface area contributed by atoms with Crippen LogP contribution in [0.4, 0.5) is 0 Å². The molecule has 1 heterocycles. The zero-order valence-corrected chi connectivity index (χ0v) is 11.0. The zero-order chi connectivity index (χ0) is 12.7. The minimum Gasteiger partial charge on any atom is -0.425 e. The van der Waals surface area contributed by atoms with E-state index in [1.54, 1.807) is 21.3 Å². The van der Waals surface area contributed by atoms with Gasteiger partial charge in [-0.1, -0.05) is 0 Å². The van der Waals surface area contributed by atoms with Crippen molar-refractivity contribution in [2.24, 2.45) is 0 Å². The maximum atomic E-state index is 9.96. The highest BCUT2D eigenvalue weighted by molar-refractivity contribution is 6.45. The van der Waals surface area contributed by atoms with Crippen LogP contribution in [-0.4, -0.2) is 33.6 Å². The van der Waals surface area contributed by atoms with E-state index in [9.17, 15) is 5.11 Å². The highest BCUT2D eigenvalue weighted by Gasteiger charge is 2.36. The number of nitrogens with zero attached hydrogens (tertiary/aromatic N) is 2. The van der Waals surface area contributed by atoms with Gasteiger partial charge in [0, 0.05) is 6.20 Å². The first-order valence-electron chi connectivity index (χ1n) is 6.08. The van der Waals surface area contributed by atoms with Crippen LogP contribution in [0.3, 0.4) is 0 Å². The van der Waals surface area contributed by atoms with Crippen LogP contribution in [0.15, 0.2) is 12.3 Å². The summed E-state index contributed by atoms with van der Waals surface area (Å²) in [6, 6.07) is 2.51. The molecule has 1 N–H and O–H groups in total. The second-order valence-electron chi connectivity index (χ2n) is 5.76. The molecule has 0 atom stereocenters. The topological polar surface area (TPSA) is 47.3 Å². The highest BCUT2D eigenvalue weighted by atomic mass is 16.5. The number of hydrogen-bond acceptors (Lipinski definition) is 3. The van der Waals surface area contributed by atoms with Crippen molar-refractivity contribution >= 4 is 13.1 Å². The summed E-state index contributed by atoms with van der Waals surface area (Å²) in [7, 11) is 1.62. The van der Waals surface area contributed by atoms with Crippen LogP contribution in [0.5, 0.6) is 0 Å². The lowest BCUT2D eigenvalue weighted by molar-refractivity contribution is -0.0893. The lowest BCUT2D eigenvalue weighted by atomic mass is 9.85. The van der Waals surface area contributed by atoms with Gasteiger partial charge in [0.05, 0.1) is 22.8 Å². The van der Waals surface area contributed by atoms with Crippen molar-refractivity contribution in [3.05, 3.63) is 12.3 Å². The van der Waals surface area contributed by atoms with Crippen molar-refractivity contribution in [2.75, 3.05) is 0 Å². The largest absolute Gasteiger partial charge is 0.425 e. The molecule has 1 aromatic rings. The molecule has 4 nitrogen and oxygen atoms in total. The van der Waals surface area contributed by atoms with Gasteiger partial charge in [-0.05, 0) is 46.6 Å². The van der Waals surface area contributed by atoms with Crippen LogP contribution in [0.1, 0.15) is 46.6 Å². The predicted octanol–water partition coefficient (Wildman–Crippen LogP) is 1.03. The van der Waals surface area contributed by atoms with Crippen molar-refractivity contribution in [1.29, 1.82) is 0 Å². The van der Waals surface area contributed by atoms with Gasteiger partial charge >= 0.3 is 7.48 Å². The Labute approximate surface area is 103 Å². The van der Waals surface area contributed by atoms with Crippen LogP contribution >= 0.6 is 0 Å². The summed E-state index contributed by atoms with van der Waals surface area (Å²) >= 11 is 0. The van der Waals surface area contributed by atoms with Crippen molar-refractivity contribution in [3.63, 3.8) is 0 Å². The quantitative estimate of drug-likeness (QED) is 0.775. The summed E-state index contributed by atoms with van der Waals surface area (Å²) in [4.78, 5) is 0. The predicted molar refractivity (Wildman–Crippen MR) is 67.3 cm³/mol. The number of rotatable bonds is 5. The standard InChI is InChI=1S/C12H20BN2O2/c1-11(2,16)12(3,4)17-13-10-7-8-15(14-10)9-5-6-9/h7-9,16H,5-6H2,1-4H3. The fourth-order valence-corrected chi connectivity index (χ4v) is 1.31. The molecule has 1 radical (unpaired) electrons. The Hall–Kier alpha value is -0.805. The first-order valence-corrected chi connectivity index (χ1v) is 6.08. The molecule has 0 spiro atoms. The van der Waals surface area contributed by atoms with E-state index in [2.05, 4.69) is 5.10 Å². The second kappa shape index (κ2) is 4.14. The van der Waals surface area contributed by atoms with Crippen LogP contribution in [-0.2, 0) is 4.65 Å². The van der Waals surface area contributed by atoms with Gasteiger partial charge in [0.25, 0.3) is 0 Å². The van der Waals surface area contributed by atoms with Gasteiger partial charge in [-0.3, -0.25) is 4.68 Å². The van der Waals surface area contributed by atoms with Crippen molar-refractivity contribution < 1.29 is 9.76 Å². The Balaban J connectivity index is 1.92. The molecule has 0 bridgehead atoms. The van der Waals surface area contributed by atoms with Crippen LogP contribution in [0, 0.1) is 0 Å². The molecule has 1 fully saturated rings. The summed E-state index contributed by atoms with van der Waals surface area (Å²) in [6.07, 6.45) is 4.41. The van der Waals surface area contributed by atoms with Gasteiger partial charge in [0.1, 0.15) is 0 Å². The van der Waals surface area contributed by atoms with Gasteiger partial charge in [-0.25, -0.2) is 0 Å². The van der Waals surface area contributed by atoms with E-state index in [4.69, 9.17) is 4.65 Å². The van der Waals surface area contributed by atoms with E-state index < -0.39 is 11.2 Å². The van der Waals surface area contributed by atoms with Crippen molar-refractivity contribution in [3.8, 4) is 0 Å². The zero-order valence-electron chi connectivity index (χ0n) is 11.0. The molecule has 17 heavy (non-hydrogen) atoms. The van der Waals surface area contributed by atoms with Gasteiger partial charge in [0.15, 0.2) is 0 Å². The monoisotopic (exact) mass is 235 g/mol. The SMILES string of the molecule is CC(C)(O)C(C)(C)O[B]c1ccn(C2CC2)n1. The van der Waals surface area contributed by atoms with E-state index in [0.29, 0.717) is 6.04 Å². The molecule has 1 aliphatic rings. The number of aliphatic hydroxyl groups is 1. The molecule has 0 unspecified atom stereocenters. The van der Waals surface area contributed by atoms with E-state index in [1.165, 1.54) is 12.8 Å². The van der Waals surface area contributed by atoms with E-state index in [0.717, 1.165) is 5.59 Å². The molecular weight excluding hydrogens is 215 g/mol. The smallest absolute Gasteiger partial charge is 0.354 e. The number of aromatic nitrogens is 2. The Bertz CT molecular complexity index is 391. The maximum Gasteiger partial charge on any atom is 0.354 e. The molecule has 5 heteroatoms. The first kappa shape index (κ1) is 12.6. The average molecular weight is 235 g/mol. The normalized spacial score (nSPS) is 17.2. The summed E-state index contributed by atoms with van der Waals surface area (Å²) in [5.41, 5.74) is -0.743. The van der Waals surface area contributed by atoms with E-state index in [-0.39, 0.29) is 0 Å². The minimum atomic E-state index is -0.900. The second-order valence-corrected chi connectivity index (χ2v) is 5.76. The Morgan fingerprint density at radius 2 is 2.06 bits per heavy atom. The molecule has 0 saturated heterocycles. The maximum absolute atomic E-state index is 9.96. The lowest BCUT2D eigenvalue weighted by Crippen LogP contribution is -2.49. The molecule has 0 aliphatic heterocycles. The third-order valence-electron chi connectivity index (χ3n) is 3.50. The fourth-order valence-electron chi connectivity index (χ4n) is 1.31. The first-order chi connectivity index (χ1) is 7.79. The molecule has 1 saturated carbocycles. The summed E-state index contributed by atoms with van der Waals surface area (Å²) in [5, 5.41) is 14.4. The minimum absolute atomic E-state index is 0.583. The molecule has 2 rings (SSSR count). The molecular formula is C12H20BN2O2. The van der Waals surface area contributed by atoms with Gasteiger partial charge < -0.3 is 9.76 Å². The Kier molecular flexibility index (Phi) is 3.08. The van der Waals surface area contributed by atoms with Crippen molar-refractivity contribution in [2.45, 2.75) is 57.8 Å². The van der Waals surface area contributed by atoms with Crippen molar-refractivity contribution in [1.82, 2.24) is 9.78 Å². The third kappa shape index (κ3) is 2.90. The van der Waals surface area contributed by atoms with Gasteiger partial charge in [-0.15, -0.1) is 0 Å². The fraction of sp³-hybridized carbons (Fsp3) is 0.750. The van der Waals surface area contributed by atoms with Crippen LogP contribution in [0.2, 0.25) is 0 Å². The summed E-state index contributed by atoms with van der Waals surface area (Å²) < 4.78 is 7.62. The van der Waals surface area contributed by atoms with Gasteiger partial charge in [-0.2, -0.15) is 5.10 Å². The third-order valence-corrected chi connectivity index (χ3v) is 3.50. The van der Waals surface area contributed by atoms with E-state index >= 15 is 0 Å². The van der Waals surface area contributed by atoms with E-state index in [1.807, 2.05) is 30.8 Å².